The Balaban J connectivity index is 2.00. The van der Waals surface area contributed by atoms with Gasteiger partial charge in [0.15, 0.2) is 10.6 Å². The number of benzene rings is 1. The number of hydrogen-bond donors (Lipinski definition) is 2. The Morgan fingerprint density at radius 2 is 2.14 bits per heavy atom. The fraction of sp³-hybridized carbons (Fsp3) is 0.400. The van der Waals surface area contributed by atoms with Crippen LogP contribution in [0.3, 0.4) is 0 Å². The molecule has 7 heteroatoms. The van der Waals surface area contributed by atoms with Crippen LogP contribution in [-0.4, -0.2) is 27.8 Å². The van der Waals surface area contributed by atoms with E-state index in [0.29, 0.717) is 17.7 Å². The standard InChI is InChI=1S/C15H20N4O2S/c1-4-19-14(17-18-15(19)22)10(2)16-13(20)9-11-5-7-12(21-3)8-6-11/h5-8,10H,4,9H2,1-3H3,(H,16,20)(H,18,22)/t10-/m0/s1. The van der Waals surface area contributed by atoms with E-state index in [1.165, 1.54) is 0 Å². The minimum atomic E-state index is -0.210. The predicted molar refractivity (Wildman–Crippen MR) is 86.3 cm³/mol. The van der Waals surface area contributed by atoms with Crippen LogP contribution in [0.25, 0.3) is 0 Å². The van der Waals surface area contributed by atoms with Gasteiger partial charge in [0.25, 0.3) is 0 Å². The lowest BCUT2D eigenvalue weighted by atomic mass is 10.1. The zero-order valence-electron chi connectivity index (χ0n) is 12.9. The minimum absolute atomic E-state index is 0.0609. The molecule has 0 aliphatic rings. The van der Waals surface area contributed by atoms with Crippen LogP contribution < -0.4 is 10.1 Å². The molecule has 0 radical (unpaired) electrons. The average molecular weight is 320 g/mol. The Morgan fingerprint density at radius 3 is 2.73 bits per heavy atom. The molecule has 0 saturated heterocycles. The number of carbonyl (C=O) groups is 1. The van der Waals surface area contributed by atoms with Gasteiger partial charge in [0, 0.05) is 6.54 Å². The quantitative estimate of drug-likeness (QED) is 0.802. The van der Waals surface area contributed by atoms with Crippen molar-refractivity contribution in [1.29, 1.82) is 0 Å². The normalized spacial score (nSPS) is 12.0. The molecule has 22 heavy (non-hydrogen) atoms. The van der Waals surface area contributed by atoms with Gasteiger partial charge in [-0.05, 0) is 43.8 Å². The molecule has 1 heterocycles. The number of methoxy groups -OCH3 is 1. The Morgan fingerprint density at radius 1 is 1.45 bits per heavy atom. The third-order valence-electron chi connectivity index (χ3n) is 3.39. The molecular formula is C15H20N4O2S. The number of hydrogen-bond acceptors (Lipinski definition) is 4. The first kappa shape index (κ1) is 16.2. The number of aromatic amines is 1. The average Bonchev–Trinajstić information content (AvgIpc) is 2.88. The molecule has 2 N–H and O–H groups in total. The summed E-state index contributed by atoms with van der Waals surface area (Å²) in [6, 6.07) is 7.23. The molecule has 0 spiro atoms. The predicted octanol–water partition coefficient (Wildman–Crippen LogP) is 2.39. The fourth-order valence-corrected chi connectivity index (χ4v) is 2.52. The molecule has 1 aromatic carbocycles. The van der Waals surface area contributed by atoms with Crippen molar-refractivity contribution in [2.75, 3.05) is 7.11 Å². The van der Waals surface area contributed by atoms with Crippen LogP contribution in [0.1, 0.15) is 31.3 Å². The van der Waals surface area contributed by atoms with Gasteiger partial charge in [-0.1, -0.05) is 12.1 Å². The maximum absolute atomic E-state index is 12.1. The van der Waals surface area contributed by atoms with Gasteiger partial charge in [0.05, 0.1) is 19.6 Å². The Hall–Kier alpha value is -2.15. The summed E-state index contributed by atoms with van der Waals surface area (Å²) >= 11 is 5.15. The van der Waals surface area contributed by atoms with E-state index in [1.54, 1.807) is 7.11 Å². The summed E-state index contributed by atoms with van der Waals surface area (Å²) in [7, 11) is 1.61. The summed E-state index contributed by atoms with van der Waals surface area (Å²) in [6.45, 7) is 4.59. The van der Waals surface area contributed by atoms with Gasteiger partial charge in [-0.2, -0.15) is 5.10 Å². The SMILES string of the molecule is CCn1c([C@H](C)NC(=O)Cc2ccc(OC)cc2)n[nH]c1=S. The molecule has 1 aromatic heterocycles. The Bertz CT molecular complexity index is 690. The molecule has 2 rings (SSSR count). The number of nitrogens with zero attached hydrogens (tertiary/aromatic N) is 2. The summed E-state index contributed by atoms with van der Waals surface area (Å²) in [5.74, 6) is 1.45. The molecule has 2 aromatic rings. The lowest BCUT2D eigenvalue weighted by Gasteiger charge is -2.14. The maximum atomic E-state index is 12.1. The number of ether oxygens (including phenoxy) is 1. The van der Waals surface area contributed by atoms with Crippen molar-refractivity contribution in [1.82, 2.24) is 20.1 Å². The van der Waals surface area contributed by atoms with Crippen molar-refractivity contribution >= 4 is 18.1 Å². The zero-order chi connectivity index (χ0) is 16.1. The van der Waals surface area contributed by atoms with Gasteiger partial charge in [0.1, 0.15) is 5.75 Å². The van der Waals surface area contributed by atoms with Crippen molar-refractivity contribution < 1.29 is 9.53 Å². The van der Waals surface area contributed by atoms with Gasteiger partial charge >= 0.3 is 0 Å². The zero-order valence-corrected chi connectivity index (χ0v) is 13.7. The molecule has 0 aliphatic heterocycles. The van der Waals surface area contributed by atoms with E-state index in [9.17, 15) is 4.79 Å². The highest BCUT2D eigenvalue weighted by Gasteiger charge is 2.16. The maximum Gasteiger partial charge on any atom is 0.224 e. The van der Waals surface area contributed by atoms with Crippen molar-refractivity contribution in [3.8, 4) is 5.75 Å². The molecule has 6 nitrogen and oxygen atoms in total. The summed E-state index contributed by atoms with van der Waals surface area (Å²) in [4.78, 5) is 12.1. The molecule has 0 saturated carbocycles. The number of carbonyl (C=O) groups excluding carboxylic acids is 1. The van der Waals surface area contributed by atoms with Gasteiger partial charge in [-0.25, -0.2) is 0 Å². The van der Waals surface area contributed by atoms with Crippen LogP contribution in [0.2, 0.25) is 0 Å². The van der Waals surface area contributed by atoms with Crippen molar-refractivity contribution in [3.05, 3.63) is 40.4 Å². The minimum Gasteiger partial charge on any atom is -0.497 e. The molecule has 0 bridgehead atoms. The molecular weight excluding hydrogens is 300 g/mol. The van der Waals surface area contributed by atoms with Gasteiger partial charge in [-0.3, -0.25) is 9.89 Å². The number of H-pyrrole nitrogens is 1. The molecule has 1 atom stereocenters. The number of nitrogens with one attached hydrogen (secondary N) is 2. The van der Waals surface area contributed by atoms with Crippen LogP contribution in [0, 0.1) is 4.77 Å². The second-order valence-electron chi connectivity index (χ2n) is 4.95. The lowest BCUT2D eigenvalue weighted by molar-refractivity contribution is -0.121. The van der Waals surface area contributed by atoms with Crippen molar-refractivity contribution in [3.63, 3.8) is 0 Å². The molecule has 0 fully saturated rings. The van der Waals surface area contributed by atoms with E-state index in [1.807, 2.05) is 42.7 Å². The van der Waals surface area contributed by atoms with Crippen LogP contribution in [0.5, 0.6) is 5.75 Å². The first-order chi connectivity index (χ1) is 10.5. The third kappa shape index (κ3) is 3.73. The number of rotatable bonds is 6. The van der Waals surface area contributed by atoms with Gasteiger partial charge < -0.3 is 14.6 Å². The van der Waals surface area contributed by atoms with E-state index >= 15 is 0 Å². The second kappa shape index (κ2) is 7.22. The van der Waals surface area contributed by atoms with E-state index in [2.05, 4.69) is 15.5 Å². The smallest absolute Gasteiger partial charge is 0.224 e. The second-order valence-corrected chi connectivity index (χ2v) is 5.33. The first-order valence-electron chi connectivity index (χ1n) is 7.12. The van der Waals surface area contributed by atoms with Crippen molar-refractivity contribution in [2.24, 2.45) is 0 Å². The van der Waals surface area contributed by atoms with E-state index in [-0.39, 0.29) is 11.9 Å². The lowest BCUT2D eigenvalue weighted by Crippen LogP contribution is -2.30. The Labute approximate surface area is 134 Å². The summed E-state index contributed by atoms with van der Waals surface area (Å²) in [5.41, 5.74) is 0.930. The molecule has 0 unspecified atom stereocenters. The highest BCUT2D eigenvalue weighted by Crippen LogP contribution is 2.13. The fourth-order valence-electron chi connectivity index (χ4n) is 2.25. The topological polar surface area (TPSA) is 71.9 Å². The van der Waals surface area contributed by atoms with E-state index in [4.69, 9.17) is 17.0 Å². The highest BCUT2D eigenvalue weighted by atomic mass is 32.1. The largest absolute Gasteiger partial charge is 0.497 e. The molecule has 1 amide bonds. The summed E-state index contributed by atoms with van der Waals surface area (Å²) in [5, 5.41) is 9.88. The number of aromatic nitrogens is 3. The van der Waals surface area contributed by atoms with Crippen LogP contribution in [0.15, 0.2) is 24.3 Å². The number of amides is 1. The third-order valence-corrected chi connectivity index (χ3v) is 3.70. The molecule has 0 aliphatic carbocycles. The van der Waals surface area contributed by atoms with Gasteiger partial charge in [-0.15, -0.1) is 0 Å². The highest BCUT2D eigenvalue weighted by molar-refractivity contribution is 7.71. The van der Waals surface area contributed by atoms with Crippen molar-refractivity contribution in [2.45, 2.75) is 32.9 Å². The first-order valence-corrected chi connectivity index (χ1v) is 7.53. The van der Waals surface area contributed by atoms with E-state index in [0.717, 1.165) is 17.1 Å². The van der Waals surface area contributed by atoms with Crippen LogP contribution in [0.4, 0.5) is 0 Å². The summed E-state index contributed by atoms with van der Waals surface area (Å²) in [6.07, 6.45) is 0.311. The van der Waals surface area contributed by atoms with Gasteiger partial charge in [0.2, 0.25) is 5.91 Å². The Kier molecular flexibility index (Phi) is 5.32. The van der Waals surface area contributed by atoms with E-state index < -0.39 is 0 Å². The molecule has 118 valence electrons. The summed E-state index contributed by atoms with van der Waals surface area (Å²) < 4.78 is 7.53. The monoisotopic (exact) mass is 320 g/mol. The van der Waals surface area contributed by atoms with Crippen LogP contribution >= 0.6 is 12.2 Å². The van der Waals surface area contributed by atoms with Crippen LogP contribution in [-0.2, 0) is 17.8 Å².